The molecule has 22 heavy (non-hydrogen) atoms. The molecule has 0 bridgehead atoms. The number of hydrogen-bond acceptors (Lipinski definition) is 2. The second-order valence-corrected chi connectivity index (χ2v) is 6.59. The van der Waals surface area contributed by atoms with Gasteiger partial charge < -0.3 is 0 Å². The van der Waals surface area contributed by atoms with Crippen LogP contribution in [0.15, 0.2) is 48.5 Å². The fraction of sp³-hybridized carbons (Fsp3) is 0.350. The van der Waals surface area contributed by atoms with E-state index in [1.54, 1.807) is 0 Å². The number of ketones is 1. The lowest BCUT2D eigenvalue weighted by Gasteiger charge is -2.51. The van der Waals surface area contributed by atoms with E-state index in [9.17, 15) is 4.79 Å². The minimum atomic E-state index is -0.252. The predicted molar refractivity (Wildman–Crippen MR) is 87.9 cm³/mol. The molecule has 0 amide bonds. The Hall–Kier alpha value is -1.93. The lowest BCUT2D eigenvalue weighted by Crippen LogP contribution is -2.56. The van der Waals surface area contributed by atoms with E-state index in [1.807, 2.05) is 0 Å². The Balaban J connectivity index is 1.96. The first kappa shape index (κ1) is 13.7. The van der Waals surface area contributed by atoms with E-state index in [0.29, 0.717) is 18.6 Å². The van der Waals surface area contributed by atoms with Crippen LogP contribution in [0.2, 0.25) is 0 Å². The Bertz CT molecular complexity index is 719. The predicted octanol–water partition coefficient (Wildman–Crippen LogP) is 3.46. The molecule has 1 atom stereocenters. The summed E-state index contributed by atoms with van der Waals surface area (Å²) in [4.78, 5) is 14.9. The quantitative estimate of drug-likeness (QED) is 0.802. The molecule has 1 fully saturated rings. The van der Waals surface area contributed by atoms with Gasteiger partial charge in [0, 0.05) is 25.9 Å². The number of benzene rings is 2. The molecule has 0 saturated carbocycles. The van der Waals surface area contributed by atoms with Crippen LogP contribution in [-0.2, 0) is 16.8 Å². The van der Waals surface area contributed by atoms with Crippen molar-refractivity contribution >= 4 is 5.78 Å². The highest BCUT2D eigenvalue weighted by Crippen LogP contribution is 2.46. The molecule has 0 N–H and O–H groups in total. The van der Waals surface area contributed by atoms with Gasteiger partial charge in [-0.25, -0.2) is 0 Å². The first-order valence-corrected chi connectivity index (χ1v) is 8.12. The molecule has 4 rings (SSSR count). The summed E-state index contributed by atoms with van der Waals surface area (Å²) < 4.78 is 0. The van der Waals surface area contributed by atoms with Crippen LogP contribution in [0.3, 0.4) is 0 Å². The Morgan fingerprint density at radius 1 is 0.955 bits per heavy atom. The number of carbonyl (C=O) groups excluding carboxylic acids is 1. The largest absolute Gasteiger partial charge is 0.300 e. The van der Waals surface area contributed by atoms with Crippen molar-refractivity contribution < 1.29 is 4.79 Å². The third-order valence-corrected chi connectivity index (χ3v) is 5.30. The topological polar surface area (TPSA) is 20.3 Å². The van der Waals surface area contributed by atoms with Gasteiger partial charge >= 0.3 is 0 Å². The Morgan fingerprint density at radius 3 is 2.50 bits per heavy atom. The molecule has 2 aliphatic heterocycles. The van der Waals surface area contributed by atoms with E-state index in [2.05, 4.69) is 60.4 Å². The third-order valence-electron chi connectivity index (χ3n) is 5.30. The van der Waals surface area contributed by atoms with Crippen LogP contribution in [0, 0.1) is 6.92 Å². The number of fused-ring (bicyclic) bond motifs is 3. The number of rotatable bonds is 1. The molecule has 2 aromatic carbocycles. The van der Waals surface area contributed by atoms with Gasteiger partial charge in [-0.05, 0) is 30.0 Å². The van der Waals surface area contributed by atoms with Crippen LogP contribution < -0.4 is 0 Å². The standard InChI is InChI=1S/C20H21NO/c1-15-6-8-17(9-7-15)20-14-18(22)11-13-21(20)12-10-16-4-2-3-5-19(16)20/h2-9H,10-14H2,1H3. The lowest BCUT2D eigenvalue weighted by molar-refractivity contribution is -0.126. The highest BCUT2D eigenvalue weighted by Gasteiger charge is 2.47. The number of Topliss-reactive ketones (excluding diaryl/α,β-unsaturated/α-hetero) is 1. The van der Waals surface area contributed by atoms with Crippen molar-refractivity contribution in [2.75, 3.05) is 13.1 Å². The molecule has 1 saturated heterocycles. The van der Waals surface area contributed by atoms with E-state index in [0.717, 1.165) is 19.5 Å². The van der Waals surface area contributed by atoms with Gasteiger partial charge in [-0.2, -0.15) is 0 Å². The molecule has 0 aliphatic carbocycles. The van der Waals surface area contributed by atoms with E-state index in [1.165, 1.54) is 22.3 Å². The second-order valence-electron chi connectivity index (χ2n) is 6.59. The molecule has 2 heterocycles. The lowest BCUT2D eigenvalue weighted by atomic mass is 9.70. The van der Waals surface area contributed by atoms with Gasteiger partial charge in [0.15, 0.2) is 0 Å². The molecule has 2 aliphatic rings. The van der Waals surface area contributed by atoms with Crippen molar-refractivity contribution in [2.24, 2.45) is 0 Å². The normalized spacial score (nSPS) is 24.7. The number of aryl methyl sites for hydroxylation is 1. The van der Waals surface area contributed by atoms with E-state index < -0.39 is 0 Å². The van der Waals surface area contributed by atoms with Crippen molar-refractivity contribution in [3.63, 3.8) is 0 Å². The van der Waals surface area contributed by atoms with Gasteiger partial charge in [0.2, 0.25) is 0 Å². The number of hydrogen-bond donors (Lipinski definition) is 0. The Morgan fingerprint density at radius 2 is 1.68 bits per heavy atom. The average Bonchev–Trinajstić information content (AvgIpc) is 2.55. The molecule has 0 spiro atoms. The van der Waals surface area contributed by atoms with Crippen LogP contribution in [0.25, 0.3) is 0 Å². The summed E-state index contributed by atoms with van der Waals surface area (Å²) in [5, 5.41) is 0. The zero-order valence-corrected chi connectivity index (χ0v) is 13.0. The summed E-state index contributed by atoms with van der Waals surface area (Å²) in [6.45, 7) is 4.03. The van der Waals surface area contributed by atoms with Crippen molar-refractivity contribution in [3.8, 4) is 0 Å². The minimum absolute atomic E-state index is 0.252. The maximum atomic E-state index is 12.3. The SMILES string of the molecule is Cc1ccc(C23CC(=O)CCN2CCc2ccccc23)cc1. The molecule has 112 valence electrons. The molecular formula is C20H21NO. The van der Waals surface area contributed by atoms with Gasteiger partial charge in [-0.3, -0.25) is 9.69 Å². The first-order chi connectivity index (χ1) is 10.7. The van der Waals surface area contributed by atoms with Gasteiger partial charge in [0.1, 0.15) is 5.78 Å². The third kappa shape index (κ3) is 1.94. The van der Waals surface area contributed by atoms with Crippen molar-refractivity contribution in [3.05, 3.63) is 70.8 Å². The molecule has 2 heteroatoms. The second kappa shape index (κ2) is 5.06. The molecule has 0 radical (unpaired) electrons. The fourth-order valence-corrected chi connectivity index (χ4v) is 4.17. The Labute approximate surface area is 131 Å². The van der Waals surface area contributed by atoms with Crippen molar-refractivity contribution in [1.29, 1.82) is 0 Å². The van der Waals surface area contributed by atoms with Crippen LogP contribution in [-0.4, -0.2) is 23.8 Å². The summed E-state index contributed by atoms with van der Waals surface area (Å²) in [6, 6.07) is 17.4. The maximum absolute atomic E-state index is 12.3. The van der Waals surface area contributed by atoms with Crippen molar-refractivity contribution in [2.45, 2.75) is 31.7 Å². The molecule has 1 unspecified atom stereocenters. The summed E-state index contributed by atoms with van der Waals surface area (Å²) in [5.41, 5.74) is 5.00. The molecular weight excluding hydrogens is 270 g/mol. The van der Waals surface area contributed by atoms with E-state index >= 15 is 0 Å². The van der Waals surface area contributed by atoms with Gasteiger partial charge in [-0.1, -0.05) is 54.1 Å². The maximum Gasteiger partial charge on any atom is 0.136 e. The van der Waals surface area contributed by atoms with Crippen molar-refractivity contribution in [1.82, 2.24) is 4.90 Å². The van der Waals surface area contributed by atoms with Crippen LogP contribution >= 0.6 is 0 Å². The van der Waals surface area contributed by atoms with Gasteiger partial charge in [0.05, 0.1) is 5.54 Å². The highest BCUT2D eigenvalue weighted by molar-refractivity contribution is 5.82. The molecule has 2 nitrogen and oxygen atoms in total. The average molecular weight is 291 g/mol. The smallest absolute Gasteiger partial charge is 0.136 e. The minimum Gasteiger partial charge on any atom is -0.300 e. The number of carbonyl (C=O) groups is 1. The number of piperidine rings is 1. The highest BCUT2D eigenvalue weighted by atomic mass is 16.1. The van der Waals surface area contributed by atoms with Gasteiger partial charge in [-0.15, -0.1) is 0 Å². The number of nitrogens with zero attached hydrogens (tertiary/aromatic N) is 1. The molecule has 2 aromatic rings. The summed E-state index contributed by atoms with van der Waals surface area (Å²) in [6.07, 6.45) is 2.38. The zero-order valence-electron chi connectivity index (χ0n) is 13.0. The fourth-order valence-electron chi connectivity index (χ4n) is 4.17. The van der Waals surface area contributed by atoms with Crippen LogP contribution in [0.4, 0.5) is 0 Å². The van der Waals surface area contributed by atoms with E-state index in [-0.39, 0.29) is 5.54 Å². The van der Waals surface area contributed by atoms with Crippen LogP contribution in [0.5, 0.6) is 0 Å². The summed E-state index contributed by atoms with van der Waals surface area (Å²) >= 11 is 0. The van der Waals surface area contributed by atoms with Crippen LogP contribution in [0.1, 0.15) is 35.1 Å². The Kier molecular flexibility index (Phi) is 3.16. The summed E-state index contributed by atoms with van der Waals surface area (Å²) in [7, 11) is 0. The first-order valence-electron chi connectivity index (χ1n) is 8.12. The molecule has 0 aromatic heterocycles. The van der Waals surface area contributed by atoms with Gasteiger partial charge in [0.25, 0.3) is 0 Å². The van der Waals surface area contributed by atoms with E-state index in [4.69, 9.17) is 0 Å². The zero-order chi connectivity index (χ0) is 15.2. The summed E-state index contributed by atoms with van der Waals surface area (Å²) in [5.74, 6) is 0.383. The monoisotopic (exact) mass is 291 g/mol.